The highest BCUT2D eigenvalue weighted by Crippen LogP contribution is 2.34. The number of benzene rings is 1. The Bertz CT molecular complexity index is 884. The minimum atomic E-state index is -0.317. The van der Waals surface area contributed by atoms with E-state index in [1.54, 1.807) is 30.6 Å². The standard InChI is InChI=1S/C19H19FN4O2/c1-25-16-8-2-5-14(17(16)20)12-24-10-4-7-15(24)19-22-18(23-26-19)13-6-3-9-21-11-13/h2-3,5-6,8-9,11,15H,4,7,10,12H2,1H3/t15-/m0/s1. The Balaban J connectivity index is 1.55. The summed E-state index contributed by atoms with van der Waals surface area (Å²) in [7, 11) is 1.47. The molecule has 0 unspecified atom stereocenters. The molecule has 4 rings (SSSR count). The SMILES string of the molecule is COc1cccc(CN2CCC[C@H]2c2nc(-c3cccnc3)no2)c1F. The number of ether oxygens (including phenoxy) is 1. The predicted molar refractivity (Wildman–Crippen MR) is 92.9 cm³/mol. The van der Waals surface area contributed by atoms with Crippen molar-refractivity contribution in [2.45, 2.75) is 25.4 Å². The van der Waals surface area contributed by atoms with Gasteiger partial charge in [-0.15, -0.1) is 0 Å². The highest BCUT2D eigenvalue weighted by Gasteiger charge is 2.31. The van der Waals surface area contributed by atoms with Gasteiger partial charge in [0, 0.05) is 30.1 Å². The fraction of sp³-hybridized carbons (Fsp3) is 0.316. The third kappa shape index (κ3) is 3.17. The Hall–Kier alpha value is -2.80. The second-order valence-electron chi connectivity index (χ2n) is 6.26. The fourth-order valence-corrected chi connectivity index (χ4v) is 3.33. The van der Waals surface area contributed by atoms with Gasteiger partial charge in [-0.1, -0.05) is 17.3 Å². The number of pyridine rings is 1. The molecule has 0 radical (unpaired) electrons. The molecule has 0 N–H and O–H groups in total. The van der Waals surface area contributed by atoms with Crippen molar-refractivity contribution in [3.63, 3.8) is 0 Å². The van der Waals surface area contributed by atoms with Crippen LogP contribution in [0.25, 0.3) is 11.4 Å². The third-order valence-electron chi connectivity index (χ3n) is 4.65. The van der Waals surface area contributed by atoms with E-state index in [9.17, 15) is 4.39 Å². The van der Waals surface area contributed by atoms with Gasteiger partial charge in [0.15, 0.2) is 11.6 Å². The van der Waals surface area contributed by atoms with Gasteiger partial charge in [0.05, 0.1) is 13.2 Å². The molecule has 1 aliphatic rings. The number of hydrogen-bond acceptors (Lipinski definition) is 6. The van der Waals surface area contributed by atoms with Crippen LogP contribution in [0.3, 0.4) is 0 Å². The first-order valence-corrected chi connectivity index (χ1v) is 8.55. The maximum atomic E-state index is 14.5. The Morgan fingerprint density at radius 1 is 1.31 bits per heavy atom. The highest BCUT2D eigenvalue weighted by molar-refractivity contribution is 5.51. The minimum absolute atomic E-state index is 0.0153. The molecule has 134 valence electrons. The largest absolute Gasteiger partial charge is 0.494 e. The molecule has 0 spiro atoms. The quantitative estimate of drug-likeness (QED) is 0.697. The van der Waals surface area contributed by atoms with Crippen molar-refractivity contribution in [1.29, 1.82) is 0 Å². The first-order chi connectivity index (χ1) is 12.8. The Morgan fingerprint density at radius 2 is 2.23 bits per heavy atom. The molecule has 3 aromatic rings. The van der Waals surface area contributed by atoms with Crippen LogP contribution < -0.4 is 4.74 Å². The summed E-state index contributed by atoms with van der Waals surface area (Å²) in [6.45, 7) is 1.32. The van der Waals surface area contributed by atoms with Crippen LogP contribution in [0.15, 0.2) is 47.2 Å². The second kappa shape index (κ2) is 7.21. The normalized spacial score (nSPS) is 17.5. The highest BCUT2D eigenvalue weighted by atomic mass is 19.1. The number of halogens is 1. The van der Waals surface area contributed by atoms with Gasteiger partial charge in [-0.2, -0.15) is 4.98 Å². The van der Waals surface area contributed by atoms with E-state index in [4.69, 9.17) is 9.26 Å². The van der Waals surface area contributed by atoms with Crippen molar-refractivity contribution in [3.8, 4) is 17.1 Å². The van der Waals surface area contributed by atoms with Crippen LogP contribution in [0, 0.1) is 5.82 Å². The monoisotopic (exact) mass is 354 g/mol. The van der Waals surface area contributed by atoms with E-state index < -0.39 is 0 Å². The lowest BCUT2D eigenvalue weighted by Gasteiger charge is -2.22. The van der Waals surface area contributed by atoms with E-state index in [2.05, 4.69) is 20.0 Å². The number of nitrogens with zero attached hydrogens (tertiary/aromatic N) is 4. The Morgan fingerprint density at radius 3 is 3.04 bits per heavy atom. The van der Waals surface area contributed by atoms with Gasteiger partial charge in [0.1, 0.15) is 0 Å². The molecule has 7 heteroatoms. The summed E-state index contributed by atoms with van der Waals surface area (Å²) in [5.41, 5.74) is 1.41. The molecule has 2 aromatic heterocycles. The fourth-order valence-electron chi connectivity index (χ4n) is 3.33. The smallest absolute Gasteiger partial charge is 0.244 e. The topological polar surface area (TPSA) is 64.3 Å². The maximum absolute atomic E-state index is 14.5. The van der Waals surface area contributed by atoms with Crippen molar-refractivity contribution in [1.82, 2.24) is 20.0 Å². The van der Waals surface area contributed by atoms with Crippen LogP contribution in [0.4, 0.5) is 4.39 Å². The molecule has 1 saturated heterocycles. The zero-order valence-electron chi connectivity index (χ0n) is 14.4. The summed E-state index contributed by atoms with van der Waals surface area (Å²) < 4.78 is 25.0. The minimum Gasteiger partial charge on any atom is -0.494 e. The molecule has 0 saturated carbocycles. The molecule has 0 aliphatic carbocycles. The average Bonchev–Trinajstić information content (AvgIpc) is 3.33. The average molecular weight is 354 g/mol. The first kappa shape index (κ1) is 16.7. The predicted octanol–water partition coefficient (Wildman–Crippen LogP) is 3.62. The molecule has 1 atom stereocenters. The number of aromatic nitrogens is 3. The zero-order valence-corrected chi connectivity index (χ0v) is 14.4. The van der Waals surface area contributed by atoms with Gasteiger partial charge < -0.3 is 9.26 Å². The van der Waals surface area contributed by atoms with Crippen LogP contribution in [-0.4, -0.2) is 33.7 Å². The second-order valence-corrected chi connectivity index (χ2v) is 6.26. The first-order valence-electron chi connectivity index (χ1n) is 8.55. The molecular formula is C19H19FN4O2. The molecule has 0 bridgehead atoms. The summed E-state index contributed by atoms with van der Waals surface area (Å²) >= 11 is 0. The van der Waals surface area contributed by atoms with Gasteiger partial charge in [-0.25, -0.2) is 4.39 Å². The lowest BCUT2D eigenvalue weighted by molar-refractivity contribution is 0.198. The molecule has 3 heterocycles. The number of hydrogen-bond donors (Lipinski definition) is 0. The van der Waals surface area contributed by atoms with Gasteiger partial charge in [-0.3, -0.25) is 9.88 Å². The number of methoxy groups -OCH3 is 1. The van der Waals surface area contributed by atoms with Gasteiger partial charge in [0.2, 0.25) is 11.7 Å². The van der Waals surface area contributed by atoms with Crippen molar-refractivity contribution >= 4 is 0 Å². The number of likely N-dealkylation sites (tertiary alicyclic amines) is 1. The van der Waals surface area contributed by atoms with Gasteiger partial charge in [0.25, 0.3) is 0 Å². The third-order valence-corrected chi connectivity index (χ3v) is 4.65. The van der Waals surface area contributed by atoms with Crippen LogP contribution in [-0.2, 0) is 6.54 Å². The lowest BCUT2D eigenvalue weighted by Crippen LogP contribution is -2.23. The van der Waals surface area contributed by atoms with Gasteiger partial charge in [-0.05, 0) is 37.6 Å². The Kier molecular flexibility index (Phi) is 4.62. The molecule has 6 nitrogen and oxygen atoms in total. The molecule has 1 aliphatic heterocycles. The van der Waals surface area contributed by atoms with E-state index in [0.29, 0.717) is 23.8 Å². The van der Waals surface area contributed by atoms with Crippen LogP contribution in [0.2, 0.25) is 0 Å². The Labute approximate surface area is 150 Å². The van der Waals surface area contributed by atoms with Crippen LogP contribution in [0.5, 0.6) is 5.75 Å². The number of rotatable bonds is 5. The van der Waals surface area contributed by atoms with E-state index in [1.807, 2.05) is 12.1 Å². The van der Waals surface area contributed by atoms with Crippen molar-refractivity contribution in [2.24, 2.45) is 0 Å². The zero-order chi connectivity index (χ0) is 17.9. The lowest BCUT2D eigenvalue weighted by atomic mass is 10.1. The summed E-state index contributed by atoms with van der Waals surface area (Å²) in [6.07, 6.45) is 5.31. The maximum Gasteiger partial charge on any atom is 0.244 e. The van der Waals surface area contributed by atoms with Crippen molar-refractivity contribution < 1.29 is 13.7 Å². The van der Waals surface area contributed by atoms with Crippen LogP contribution in [0.1, 0.15) is 30.3 Å². The summed E-state index contributed by atoms with van der Waals surface area (Å²) in [5.74, 6) is 1.02. The summed E-state index contributed by atoms with van der Waals surface area (Å²) in [4.78, 5) is 10.8. The summed E-state index contributed by atoms with van der Waals surface area (Å²) in [5, 5.41) is 4.07. The molecule has 0 amide bonds. The van der Waals surface area contributed by atoms with Crippen molar-refractivity contribution in [2.75, 3.05) is 13.7 Å². The summed E-state index contributed by atoms with van der Waals surface area (Å²) in [6, 6.07) is 8.91. The van der Waals surface area contributed by atoms with E-state index in [1.165, 1.54) is 7.11 Å². The molecule has 1 aromatic carbocycles. The van der Waals surface area contributed by atoms with Crippen molar-refractivity contribution in [3.05, 3.63) is 60.0 Å². The van der Waals surface area contributed by atoms with Crippen LogP contribution >= 0.6 is 0 Å². The molecule has 26 heavy (non-hydrogen) atoms. The van der Waals surface area contributed by atoms with Gasteiger partial charge >= 0.3 is 0 Å². The molecule has 1 fully saturated rings. The van der Waals surface area contributed by atoms with E-state index >= 15 is 0 Å². The van der Waals surface area contributed by atoms with E-state index in [-0.39, 0.29) is 17.6 Å². The molecular weight excluding hydrogens is 335 g/mol. The van der Waals surface area contributed by atoms with E-state index in [0.717, 1.165) is 24.9 Å².